The van der Waals surface area contributed by atoms with Gasteiger partial charge in [0, 0.05) is 36.9 Å². The first-order chi connectivity index (χ1) is 15.3. The molecule has 0 bridgehead atoms. The molecule has 0 spiro atoms. The molecule has 32 heavy (non-hydrogen) atoms. The molecule has 0 radical (unpaired) electrons. The molecule has 1 N–H and O–H groups in total. The lowest BCUT2D eigenvalue weighted by Gasteiger charge is -2.44. The van der Waals surface area contributed by atoms with Crippen LogP contribution >= 0.6 is 23.2 Å². The molecule has 1 aliphatic carbocycles. The molecule has 3 atom stereocenters. The summed E-state index contributed by atoms with van der Waals surface area (Å²) in [5.41, 5.74) is 0.586. The second-order valence-corrected chi connectivity index (χ2v) is 8.80. The van der Waals surface area contributed by atoms with E-state index < -0.39 is 28.8 Å². The summed E-state index contributed by atoms with van der Waals surface area (Å²) in [4.78, 5) is 43.3. The van der Waals surface area contributed by atoms with Crippen molar-refractivity contribution in [3.05, 3.63) is 62.3 Å². The van der Waals surface area contributed by atoms with Crippen molar-refractivity contribution in [3.8, 4) is 0 Å². The molecule has 2 fully saturated rings. The summed E-state index contributed by atoms with van der Waals surface area (Å²) in [6, 6.07) is 7.86. The first-order valence-corrected chi connectivity index (χ1v) is 10.9. The predicted octanol–water partition coefficient (Wildman–Crippen LogP) is 3.80. The number of carbonyl (C=O) groups excluding carboxylic acids is 1. The molecule has 1 aromatic heterocycles. The van der Waals surface area contributed by atoms with Crippen molar-refractivity contribution >= 4 is 46.6 Å². The highest BCUT2D eigenvalue weighted by Crippen LogP contribution is 2.39. The Bertz CT molecular complexity index is 1060. The fourth-order valence-electron chi connectivity index (χ4n) is 4.31. The highest BCUT2D eigenvalue weighted by atomic mass is 35.5. The van der Waals surface area contributed by atoms with E-state index in [0.29, 0.717) is 31.0 Å². The van der Waals surface area contributed by atoms with Crippen LogP contribution in [0.3, 0.4) is 0 Å². The Hall–Kier alpha value is -2.91. The number of benzene rings is 1. The number of nitro groups is 1. The molecule has 1 aliphatic heterocycles. The summed E-state index contributed by atoms with van der Waals surface area (Å²) in [6.45, 7) is 0.830. The fourth-order valence-corrected chi connectivity index (χ4v) is 4.59. The molecule has 2 heterocycles. The van der Waals surface area contributed by atoms with Gasteiger partial charge in [-0.3, -0.25) is 19.7 Å². The zero-order valence-electron chi connectivity index (χ0n) is 16.9. The Morgan fingerprint density at radius 1 is 1.09 bits per heavy atom. The lowest BCUT2D eigenvalue weighted by Crippen LogP contribution is -2.55. The average molecular weight is 479 g/mol. The van der Waals surface area contributed by atoms with Crippen molar-refractivity contribution < 1.29 is 19.6 Å². The topological polar surface area (TPSA) is 117 Å². The first-order valence-electron chi connectivity index (χ1n) is 10.1. The highest BCUT2D eigenvalue weighted by molar-refractivity contribution is 6.31. The van der Waals surface area contributed by atoms with E-state index in [1.807, 2.05) is 0 Å². The van der Waals surface area contributed by atoms with Gasteiger partial charge >= 0.3 is 11.7 Å². The standard InChI is InChI=1S/C21H20Cl2N4O5/c22-13-3-1-12(2-4-13)18-11-25(20(28)15-5-6-16(15)21(29)30)7-8-26(18)19-17(27(31)32)9-14(23)10-24-19/h1-4,9-10,15-16,18H,5-8,11H2,(H,29,30)/t15-,16?,18?/m0/s1. The van der Waals surface area contributed by atoms with E-state index in [1.165, 1.54) is 12.3 Å². The summed E-state index contributed by atoms with van der Waals surface area (Å²) < 4.78 is 0. The van der Waals surface area contributed by atoms with Crippen molar-refractivity contribution in [3.63, 3.8) is 0 Å². The van der Waals surface area contributed by atoms with Crippen LogP contribution in [-0.2, 0) is 9.59 Å². The van der Waals surface area contributed by atoms with E-state index in [0.717, 1.165) is 5.56 Å². The van der Waals surface area contributed by atoms with Crippen LogP contribution in [-0.4, -0.2) is 51.4 Å². The number of carboxylic acids is 1. The first kappa shape index (κ1) is 22.3. The summed E-state index contributed by atoms with van der Waals surface area (Å²) in [5.74, 6) is -2.18. The number of hydrogen-bond acceptors (Lipinski definition) is 6. The largest absolute Gasteiger partial charge is 0.481 e. The van der Waals surface area contributed by atoms with Crippen LogP contribution in [0.15, 0.2) is 36.5 Å². The van der Waals surface area contributed by atoms with Crippen LogP contribution in [0.2, 0.25) is 10.0 Å². The zero-order chi connectivity index (χ0) is 23.0. The molecule has 1 amide bonds. The minimum atomic E-state index is -0.955. The van der Waals surface area contributed by atoms with Crippen LogP contribution in [0.25, 0.3) is 0 Å². The molecule has 1 aromatic carbocycles. The number of piperazine rings is 1. The van der Waals surface area contributed by atoms with Gasteiger partial charge in [0.05, 0.1) is 27.8 Å². The number of aromatic nitrogens is 1. The second-order valence-electron chi connectivity index (χ2n) is 7.93. The van der Waals surface area contributed by atoms with Gasteiger partial charge in [-0.25, -0.2) is 4.98 Å². The van der Waals surface area contributed by atoms with Crippen molar-refractivity contribution in [1.82, 2.24) is 9.88 Å². The van der Waals surface area contributed by atoms with Gasteiger partial charge in [0.2, 0.25) is 11.7 Å². The molecule has 1 saturated heterocycles. The van der Waals surface area contributed by atoms with E-state index in [4.69, 9.17) is 23.2 Å². The number of anilines is 1. The van der Waals surface area contributed by atoms with Gasteiger partial charge in [0.15, 0.2) is 0 Å². The molecule has 2 aromatic rings. The normalized spacial score (nSPS) is 22.9. The molecular weight excluding hydrogens is 459 g/mol. The number of hydrogen-bond donors (Lipinski definition) is 1. The van der Waals surface area contributed by atoms with Crippen molar-refractivity contribution in [2.75, 3.05) is 24.5 Å². The van der Waals surface area contributed by atoms with Gasteiger partial charge in [0.1, 0.15) is 0 Å². The van der Waals surface area contributed by atoms with E-state index in [2.05, 4.69) is 4.98 Å². The minimum absolute atomic E-state index is 0.155. The molecule has 9 nitrogen and oxygen atoms in total. The third-order valence-corrected chi connectivity index (χ3v) is 6.60. The van der Waals surface area contributed by atoms with Crippen LogP contribution in [0.5, 0.6) is 0 Å². The van der Waals surface area contributed by atoms with Crippen LogP contribution in [0.4, 0.5) is 11.5 Å². The van der Waals surface area contributed by atoms with Crippen LogP contribution in [0.1, 0.15) is 24.4 Å². The quantitative estimate of drug-likeness (QED) is 0.512. The van der Waals surface area contributed by atoms with Crippen LogP contribution in [0, 0.1) is 22.0 Å². The molecule has 168 valence electrons. The summed E-state index contributed by atoms with van der Waals surface area (Å²) in [5, 5.41) is 21.7. The number of carbonyl (C=O) groups is 2. The summed E-state index contributed by atoms with van der Waals surface area (Å²) >= 11 is 12.0. The van der Waals surface area contributed by atoms with Gasteiger partial charge in [-0.1, -0.05) is 35.3 Å². The molecule has 4 rings (SSSR count). The Labute approximate surface area is 193 Å². The van der Waals surface area contributed by atoms with Gasteiger partial charge < -0.3 is 14.9 Å². The van der Waals surface area contributed by atoms with Crippen LogP contribution < -0.4 is 4.90 Å². The predicted molar refractivity (Wildman–Crippen MR) is 118 cm³/mol. The number of amides is 1. The molecule has 2 aliphatic rings. The van der Waals surface area contributed by atoms with Gasteiger partial charge in [-0.2, -0.15) is 0 Å². The van der Waals surface area contributed by atoms with E-state index in [1.54, 1.807) is 34.1 Å². The number of carboxylic acid groups (broad SMARTS) is 1. The van der Waals surface area contributed by atoms with E-state index >= 15 is 0 Å². The summed E-state index contributed by atoms with van der Waals surface area (Å²) in [6.07, 6.45) is 2.39. The third kappa shape index (κ3) is 4.22. The van der Waals surface area contributed by atoms with Gasteiger partial charge in [-0.05, 0) is 30.5 Å². The van der Waals surface area contributed by atoms with E-state index in [-0.39, 0.29) is 29.0 Å². The van der Waals surface area contributed by atoms with Crippen molar-refractivity contribution in [1.29, 1.82) is 0 Å². The lowest BCUT2D eigenvalue weighted by atomic mass is 9.72. The zero-order valence-corrected chi connectivity index (χ0v) is 18.4. The molecule has 2 unspecified atom stereocenters. The maximum atomic E-state index is 13.1. The Morgan fingerprint density at radius 2 is 1.78 bits per heavy atom. The number of halogens is 2. The molecule has 1 saturated carbocycles. The SMILES string of the molecule is O=C(O)C1CC[C@@H]1C(=O)N1CCN(c2ncc(Cl)cc2[N+](=O)[O-])C(c2ccc(Cl)cc2)C1. The number of aliphatic carboxylic acids is 1. The number of pyridine rings is 1. The smallest absolute Gasteiger partial charge is 0.313 e. The second kappa shape index (κ2) is 8.91. The Balaban J connectivity index is 1.67. The fraction of sp³-hybridized carbons (Fsp3) is 0.381. The molecular formula is C21H20Cl2N4O5. The monoisotopic (exact) mass is 478 g/mol. The number of nitrogens with zero attached hydrogens (tertiary/aromatic N) is 4. The third-order valence-electron chi connectivity index (χ3n) is 6.14. The highest BCUT2D eigenvalue weighted by Gasteiger charge is 2.45. The maximum Gasteiger partial charge on any atom is 0.313 e. The van der Waals surface area contributed by atoms with Crippen molar-refractivity contribution in [2.24, 2.45) is 11.8 Å². The van der Waals surface area contributed by atoms with E-state index in [9.17, 15) is 24.8 Å². The number of rotatable bonds is 5. The Morgan fingerprint density at radius 3 is 2.38 bits per heavy atom. The lowest BCUT2D eigenvalue weighted by molar-refractivity contribution is -0.384. The maximum absolute atomic E-state index is 13.1. The van der Waals surface area contributed by atoms with Gasteiger partial charge in [-0.15, -0.1) is 0 Å². The minimum Gasteiger partial charge on any atom is -0.481 e. The van der Waals surface area contributed by atoms with Crippen molar-refractivity contribution in [2.45, 2.75) is 18.9 Å². The van der Waals surface area contributed by atoms with Gasteiger partial charge in [0.25, 0.3) is 0 Å². The molecule has 11 heteroatoms. The average Bonchev–Trinajstić information content (AvgIpc) is 2.72. The summed E-state index contributed by atoms with van der Waals surface area (Å²) in [7, 11) is 0. The Kier molecular flexibility index (Phi) is 6.21.